The Hall–Kier alpha value is -4.06. The van der Waals surface area contributed by atoms with Crippen LogP contribution in [0.15, 0.2) is 72.3 Å². The Kier molecular flexibility index (Phi) is 5.45. The van der Waals surface area contributed by atoms with Crippen LogP contribution in [-0.2, 0) is 9.59 Å². The fourth-order valence-electron chi connectivity index (χ4n) is 3.98. The van der Waals surface area contributed by atoms with Crippen LogP contribution < -0.4 is 9.64 Å². The molecule has 6 nitrogen and oxygen atoms in total. The van der Waals surface area contributed by atoms with Crippen molar-refractivity contribution in [1.82, 2.24) is 0 Å². The van der Waals surface area contributed by atoms with E-state index in [1.54, 1.807) is 54.6 Å². The number of carbonyl (C=O) groups excluding carboxylic acids is 2. The molecule has 1 heterocycles. The van der Waals surface area contributed by atoms with Gasteiger partial charge < -0.3 is 14.9 Å². The van der Waals surface area contributed by atoms with E-state index in [1.165, 1.54) is 18.1 Å². The monoisotopic (exact) mass is 429 g/mol. The Morgan fingerprint density at radius 3 is 2.31 bits per heavy atom. The second-order valence-corrected chi connectivity index (χ2v) is 7.70. The van der Waals surface area contributed by atoms with Gasteiger partial charge in [0.15, 0.2) is 0 Å². The van der Waals surface area contributed by atoms with Gasteiger partial charge in [-0.3, -0.25) is 14.5 Å². The summed E-state index contributed by atoms with van der Waals surface area (Å²) >= 11 is 0. The first kappa shape index (κ1) is 21.2. The van der Waals surface area contributed by atoms with Gasteiger partial charge in [-0.15, -0.1) is 0 Å². The lowest BCUT2D eigenvalue weighted by atomic mass is 9.93. The van der Waals surface area contributed by atoms with E-state index >= 15 is 0 Å². The van der Waals surface area contributed by atoms with Crippen molar-refractivity contribution in [3.8, 4) is 11.5 Å². The third kappa shape index (κ3) is 3.39. The normalized spacial score (nSPS) is 17.6. The van der Waals surface area contributed by atoms with Gasteiger partial charge in [-0.1, -0.05) is 42.5 Å². The van der Waals surface area contributed by atoms with Crippen molar-refractivity contribution < 1.29 is 24.5 Å². The first-order chi connectivity index (χ1) is 15.3. The Bertz CT molecular complexity index is 1260. The number of aliphatic hydroxyl groups excluding tert-OH is 1. The van der Waals surface area contributed by atoms with E-state index in [9.17, 15) is 19.8 Å². The third-order valence-corrected chi connectivity index (χ3v) is 5.80. The SMILES string of the molecule is COc1ccccc1C1/C(=C(\O)c2ccc(C)c(C)c2)C(=O)C(=O)N1c1ccccc1O. The highest BCUT2D eigenvalue weighted by Gasteiger charge is 2.48. The minimum absolute atomic E-state index is 0.0639. The van der Waals surface area contributed by atoms with E-state index in [0.29, 0.717) is 16.9 Å². The van der Waals surface area contributed by atoms with E-state index in [0.717, 1.165) is 11.1 Å². The summed E-state index contributed by atoms with van der Waals surface area (Å²) in [7, 11) is 1.49. The molecule has 32 heavy (non-hydrogen) atoms. The quantitative estimate of drug-likeness (QED) is 0.358. The molecule has 1 fully saturated rings. The number of anilines is 1. The maximum Gasteiger partial charge on any atom is 0.300 e. The van der Waals surface area contributed by atoms with E-state index in [1.807, 2.05) is 19.9 Å². The lowest BCUT2D eigenvalue weighted by molar-refractivity contribution is -0.132. The largest absolute Gasteiger partial charge is 0.507 e. The zero-order valence-corrected chi connectivity index (χ0v) is 18.0. The second kappa shape index (κ2) is 8.23. The average molecular weight is 429 g/mol. The zero-order valence-electron chi connectivity index (χ0n) is 18.0. The lowest BCUT2D eigenvalue weighted by Crippen LogP contribution is -2.29. The number of aliphatic hydroxyl groups is 1. The highest BCUT2D eigenvalue weighted by Crippen LogP contribution is 2.46. The van der Waals surface area contributed by atoms with E-state index in [2.05, 4.69) is 0 Å². The number of para-hydroxylation sites is 3. The molecule has 0 aliphatic carbocycles. The molecule has 0 radical (unpaired) electrons. The van der Waals surface area contributed by atoms with Gasteiger partial charge in [0, 0.05) is 11.1 Å². The number of ether oxygens (including phenoxy) is 1. The predicted octanol–water partition coefficient (Wildman–Crippen LogP) is 4.64. The highest BCUT2D eigenvalue weighted by atomic mass is 16.5. The van der Waals surface area contributed by atoms with Crippen LogP contribution in [0.25, 0.3) is 5.76 Å². The molecule has 0 saturated carbocycles. The van der Waals surface area contributed by atoms with Gasteiger partial charge in [0.2, 0.25) is 0 Å². The standard InChI is InChI=1S/C26H23NO5/c1-15-12-13-17(14-16(15)2)24(29)22-23(18-8-4-7-11-21(18)32-3)27(26(31)25(22)30)19-9-5-6-10-20(19)28/h4-14,23,28-29H,1-3H3/b24-22+. The van der Waals surface area contributed by atoms with Crippen molar-refractivity contribution in [1.29, 1.82) is 0 Å². The number of phenolic OH excluding ortho intramolecular Hbond substituents is 1. The number of methoxy groups -OCH3 is 1. The molecule has 0 spiro atoms. The molecule has 0 aromatic heterocycles. The summed E-state index contributed by atoms with van der Waals surface area (Å²) < 4.78 is 5.50. The molecule has 1 aliphatic rings. The second-order valence-electron chi connectivity index (χ2n) is 7.70. The molecule has 3 aromatic carbocycles. The zero-order chi connectivity index (χ0) is 23.0. The Morgan fingerprint density at radius 1 is 0.938 bits per heavy atom. The number of phenols is 1. The minimum atomic E-state index is -0.985. The van der Waals surface area contributed by atoms with Crippen LogP contribution in [0.3, 0.4) is 0 Å². The van der Waals surface area contributed by atoms with Gasteiger partial charge >= 0.3 is 0 Å². The summed E-state index contributed by atoms with van der Waals surface area (Å²) in [5.41, 5.74) is 3.04. The summed E-state index contributed by atoms with van der Waals surface area (Å²) in [5.74, 6) is -1.65. The van der Waals surface area contributed by atoms with Crippen LogP contribution in [0, 0.1) is 13.8 Å². The van der Waals surface area contributed by atoms with Gasteiger partial charge in [0.1, 0.15) is 17.3 Å². The maximum atomic E-state index is 13.2. The van der Waals surface area contributed by atoms with Gasteiger partial charge in [0.25, 0.3) is 11.7 Å². The number of Topliss-reactive ketones (excluding diaryl/α,β-unsaturated/α-hetero) is 1. The summed E-state index contributed by atoms with van der Waals surface area (Å²) in [6, 6.07) is 17.6. The van der Waals surface area contributed by atoms with E-state index in [4.69, 9.17) is 4.74 Å². The third-order valence-electron chi connectivity index (χ3n) is 5.80. The minimum Gasteiger partial charge on any atom is -0.507 e. The number of rotatable bonds is 4. The molecule has 6 heteroatoms. The predicted molar refractivity (Wildman–Crippen MR) is 122 cm³/mol. The van der Waals surface area contributed by atoms with Crippen molar-refractivity contribution in [2.45, 2.75) is 19.9 Å². The number of nitrogens with zero attached hydrogens (tertiary/aromatic N) is 1. The van der Waals surface area contributed by atoms with Crippen LogP contribution in [0.5, 0.6) is 11.5 Å². The van der Waals surface area contributed by atoms with Gasteiger partial charge in [-0.2, -0.15) is 0 Å². The van der Waals surface area contributed by atoms with Crippen LogP contribution in [0.2, 0.25) is 0 Å². The smallest absolute Gasteiger partial charge is 0.300 e. The summed E-state index contributed by atoms with van der Waals surface area (Å²) in [4.78, 5) is 27.6. The molecule has 1 saturated heterocycles. The van der Waals surface area contributed by atoms with Crippen molar-refractivity contribution in [3.05, 3.63) is 94.6 Å². The first-order valence-electron chi connectivity index (χ1n) is 10.1. The first-order valence-corrected chi connectivity index (χ1v) is 10.1. The average Bonchev–Trinajstić information content (AvgIpc) is 3.05. The van der Waals surface area contributed by atoms with Crippen molar-refractivity contribution >= 4 is 23.1 Å². The topological polar surface area (TPSA) is 87.1 Å². The number of ketones is 1. The van der Waals surface area contributed by atoms with Crippen LogP contribution in [0.1, 0.15) is 28.3 Å². The number of hydrogen-bond donors (Lipinski definition) is 2. The fourth-order valence-corrected chi connectivity index (χ4v) is 3.98. The molecule has 4 rings (SSSR count). The number of aromatic hydroxyl groups is 1. The summed E-state index contributed by atoms with van der Waals surface area (Å²) in [5, 5.41) is 21.7. The molecule has 1 atom stereocenters. The highest BCUT2D eigenvalue weighted by molar-refractivity contribution is 6.52. The molecule has 3 aromatic rings. The number of hydrogen-bond acceptors (Lipinski definition) is 5. The molecule has 1 aliphatic heterocycles. The number of benzene rings is 3. The number of carbonyl (C=O) groups is 2. The summed E-state index contributed by atoms with van der Waals surface area (Å²) in [6.07, 6.45) is 0. The molecule has 1 amide bonds. The van der Waals surface area contributed by atoms with Crippen molar-refractivity contribution in [2.24, 2.45) is 0 Å². The van der Waals surface area contributed by atoms with E-state index < -0.39 is 17.7 Å². The van der Waals surface area contributed by atoms with Gasteiger partial charge in [-0.25, -0.2) is 0 Å². The Balaban J connectivity index is 2.01. The molecular weight excluding hydrogens is 406 g/mol. The summed E-state index contributed by atoms with van der Waals surface area (Å²) in [6.45, 7) is 3.86. The molecular formula is C26H23NO5. The van der Waals surface area contributed by atoms with Crippen molar-refractivity contribution in [2.75, 3.05) is 12.0 Å². The fraction of sp³-hybridized carbons (Fsp3) is 0.154. The molecule has 1 unspecified atom stereocenters. The van der Waals surface area contributed by atoms with Gasteiger partial charge in [-0.05, 0) is 49.2 Å². The van der Waals surface area contributed by atoms with Gasteiger partial charge in [0.05, 0.1) is 24.4 Å². The Labute approximate surface area is 186 Å². The number of aryl methyl sites for hydroxylation is 2. The number of amides is 1. The van der Waals surface area contributed by atoms with Crippen LogP contribution >= 0.6 is 0 Å². The molecule has 0 bridgehead atoms. The Morgan fingerprint density at radius 2 is 1.62 bits per heavy atom. The maximum absolute atomic E-state index is 13.2. The van der Waals surface area contributed by atoms with E-state index in [-0.39, 0.29) is 22.8 Å². The molecule has 162 valence electrons. The lowest BCUT2D eigenvalue weighted by Gasteiger charge is -2.27. The molecule has 2 N–H and O–H groups in total. The van der Waals surface area contributed by atoms with Crippen LogP contribution in [0.4, 0.5) is 5.69 Å². The van der Waals surface area contributed by atoms with Crippen LogP contribution in [-0.4, -0.2) is 29.0 Å². The van der Waals surface area contributed by atoms with Crippen molar-refractivity contribution in [3.63, 3.8) is 0 Å².